The van der Waals surface area contributed by atoms with Gasteiger partial charge in [0.1, 0.15) is 12.7 Å². The maximum atomic E-state index is 11.0. The van der Waals surface area contributed by atoms with Crippen molar-refractivity contribution >= 4 is 5.69 Å². The average Bonchev–Trinajstić information content (AvgIpc) is 2.53. The fraction of sp³-hybridized carbons (Fsp3) is 0.133. The van der Waals surface area contributed by atoms with E-state index >= 15 is 0 Å². The van der Waals surface area contributed by atoms with E-state index in [0.717, 1.165) is 6.07 Å². The Bertz CT molecular complexity index is 680. The van der Waals surface area contributed by atoms with Crippen molar-refractivity contribution in [1.82, 2.24) is 0 Å². The van der Waals surface area contributed by atoms with E-state index in [4.69, 9.17) is 10.00 Å². The number of hydrogen-bond acceptors (Lipinski definition) is 5. The minimum atomic E-state index is -0.888. The van der Waals surface area contributed by atoms with Gasteiger partial charge in [0.25, 0.3) is 0 Å². The van der Waals surface area contributed by atoms with E-state index < -0.39 is 11.0 Å². The predicted molar refractivity (Wildman–Crippen MR) is 74.7 cm³/mol. The molecule has 106 valence electrons. The van der Waals surface area contributed by atoms with Gasteiger partial charge in [-0.15, -0.1) is 0 Å². The third-order valence-electron chi connectivity index (χ3n) is 2.87. The Labute approximate surface area is 121 Å². The highest BCUT2D eigenvalue weighted by atomic mass is 16.6. The first-order valence-electron chi connectivity index (χ1n) is 6.16. The molecule has 2 aromatic carbocycles. The van der Waals surface area contributed by atoms with Crippen molar-refractivity contribution in [2.24, 2.45) is 0 Å². The third kappa shape index (κ3) is 3.55. The van der Waals surface area contributed by atoms with Crippen LogP contribution in [0.5, 0.6) is 5.75 Å². The van der Waals surface area contributed by atoms with Crippen molar-refractivity contribution in [3.8, 4) is 11.8 Å². The molecule has 0 aliphatic heterocycles. The van der Waals surface area contributed by atoms with Crippen molar-refractivity contribution in [2.45, 2.75) is 6.10 Å². The summed E-state index contributed by atoms with van der Waals surface area (Å²) in [6.07, 6.45) is -0.888. The van der Waals surface area contributed by atoms with Crippen molar-refractivity contribution in [1.29, 1.82) is 5.26 Å². The molecule has 0 aliphatic carbocycles. The zero-order chi connectivity index (χ0) is 15.2. The van der Waals surface area contributed by atoms with Crippen LogP contribution >= 0.6 is 0 Å². The van der Waals surface area contributed by atoms with E-state index in [1.165, 1.54) is 12.1 Å². The zero-order valence-electron chi connectivity index (χ0n) is 11.0. The van der Waals surface area contributed by atoms with Gasteiger partial charge in [-0.25, -0.2) is 0 Å². The molecule has 0 saturated heterocycles. The molecular weight excluding hydrogens is 272 g/mol. The number of nitriles is 1. The van der Waals surface area contributed by atoms with Gasteiger partial charge in [-0.2, -0.15) is 5.26 Å². The van der Waals surface area contributed by atoms with Gasteiger partial charge in [0, 0.05) is 6.07 Å². The Hall–Kier alpha value is -2.91. The lowest BCUT2D eigenvalue weighted by Gasteiger charge is -2.12. The van der Waals surface area contributed by atoms with E-state index in [1.807, 2.05) is 12.1 Å². The standard InChI is InChI=1S/C15H12N2O4/c16-9-11-6-7-15(13(8-11)17(19)20)21-10-14(18)12-4-2-1-3-5-12/h1-8,14,18H,10H2. The molecule has 6 nitrogen and oxygen atoms in total. The Morgan fingerprint density at radius 2 is 2.00 bits per heavy atom. The van der Waals surface area contributed by atoms with Gasteiger partial charge < -0.3 is 9.84 Å². The van der Waals surface area contributed by atoms with Crippen molar-refractivity contribution in [3.63, 3.8) is 0 Å². The number of aliphatic hydroxyl groups excluding tert-OH is 1. The molecule has 2 rings (SSSR count). The summed E-state index contributed by atoms with van der Waals surface area (Å²) in [4.78, 5) is 10.3. The highest BCUT2D eigenvalue weighted by Crippen LogP contribution is 2.28. The molecular formula is C15H12N2O4. The molecule has 0 radical (unpaired) electrons. The Morgan fingerprint density at radius 1 is 1.29 bits per heavy atom. The van der Waals surface area contributed by atoms with Gasteiger partial charge in [0.05, 0.1) is 16.6 Å². The molecule has 0 spiro atoms. The number of aliphatic hydroxyl groups is 1. The van der Waals surface area contributed by atoms with Crippen LogP contribution in [-0.2, 0) is 0 Å². The molecule has 1 atom stereocenters. The molecule has 2 aromatic rings. The van der Waals surface area contributed by atoms with Crippen LogP contribution in [0, 0.1) is 21.4 Å². The van der Waals surface area contributed by atoms with Crippen LogP contribution in [0.3, 0.4) is 0 Å². The number of nitro benzene ring substituents is 1. The summed E-state index contributed by atoms with van der Waals surface area (Å²) < 4.78 is 5.31. The Balaban J connectivity index is 2.13. The lowest BCUT2D eigenvalue weighted by atomic mass is 10.1. The van der Waals surface area contributed by atoms with Crippen LogP contribution in [0.4, 0.5) is 5.69 Å². The number of nitrogens with zero attached hydrogens (tertiary/aromatic N) is 2. The van der Waals surface area contributed by atoms with Gasteiger partial charge in [0.15, 0.2) is 5.75 Å². The summed E-state index contributed by atoms with van der Waals surface area (Å²) in [6, 6.07) is 14.6. The topological polar surface area (TPSA) is 96.4 Å². The van der Waals surface area contributed by atoms with Crippen LogP contribution in [0.25, 0.3) is 0 Å². The number of rotatable bonds is 5. The van der Waals surface area contributed by atoms with E-state index in [-0.39, 0.29) is 23.6 Å². The van der Waals surface area contributed by atoms with Crippen molar-refractivity contribution in [2.75, 3.05) is 6.61 Å². The van der Waals surface area contributed by atoms with Crippen LogP contribution in [0.1, 0.15) is 17.2 Å². The molecule has 0 heterocycles. The Morgan fingerprint density at radius 3 is 2.62 bits per heavy atom. The van der Waals surface area contributed by atoms with Crippen molar-refractivity contribution < 1.29 is 14.8 Å². The zero-order valence-corrected chi connectivity index (χ0v) is 11.0. The number of nitro groups is 1. The quantitative estimate of drug-likeness (QED) is 0.672. The minimum absolute atomic E-state index is 0.0222. The van der Waals surface area contributed by atoms with Crippen LogP contribution in [0.2, 0.25) is 0 Å². The van der Waals surface area contributed by atoms with Gasteiger partial charge in [0.2, 0.25) is 0 Å². The normalized spacial score (nSPS) is 11.4. The van der Waals surface area contributed by atoms with E-state index in [1.54, 1.807) is 24.3 Å². The minimum Gasteiger partial charge on any atom is -0.484 e. The molecule has 0 aromatic heterocycles. The smallest absolute Gasteiger partial charge is 0.312 e. The van der Waals surface area contributed by atoms with Crippen LogP contribution in [-0.4, -0.2) is 16.6 Å². The highest BCUT2D eigenvalue weighted by Gasteiger charge is 2.17. The number of hydrogen-bond donors (Lipinski definition) is 1. The molecule has 0 aliphatic rings. The molecule has 1 N–H and O–H groups in total. The molecule has 0 fully saturated rings. The SMILES string of the molecule is N#Cc1ccc(OCC(O)c2ccccc2)c([N+](=O)[O-])c1. The first kappa shape index (κ1) is 14.5. The maximum Gasteiger partial charge on any atom is 0.312 e. The van der Waals surface area contributed by atoms with E-state index in [2.05, 4.69) is 0 Å². The largest absolute Gasteiger partial charge is 0.484 e. The molecule has 1 unspecified atom stereocenters. The van der Waals surface area contributed by atoms with E-state index in [0.29, 0.717) is 5.56 Å². The maximum absolute atomic E-state index is 11.0. The van der Waals surface area contributed by atoms with E-state index in [9.17, 15) is 15.2 Å². The second-order valence-electron chi connectivity index (χ2n) is 4.29. The van der Waals surface area contributed by atoms with Crippen molar-refractivity contribution in [3.05, 3.63) is 69.8 Å². The molecule has 0 amide bonds. The van der Waals surface area contributed by atoms with Crippen LogP contribution in [0.15, 0.2) is 48.5 Å². The van der Waals surface area contributed by atoms with Gasteiger partial charge in [-0.1, -0.05) is 30.3 Å². The summed E-state index contributed by atoms with van der Waals surface area (Å²) in [5.74, 6) is 0.0222. The fourth-order valence-corrected chi connectivity index (χ4v) is 1.79. The second kappa shape index (κ2) is 6.50. The molecule has 21 heavy (non-hydrogen) atoms. The summed E-state index contributed by atoms with van der Waals surface area (Å²) in [5, 5.41) is 29.7. The Kier molecular flexibility index (Phi) is 4.49. The summed E-state index contributed by atoms with van der Waals surface area (Å²) in [7, 11) is 0. The first-order valence-corrected chi connectivity index (χ1v) is 6.16. The van der Waals surface area contributed by atoms with Gasteiger partial charge in [-0.3, -0.25) is 10.1 Å². The van der Waals surface area contributed by atoms with Crippen LogP contribution < -0.4 is 4.74 Å². The second-order valence-corrected chi connectivity index (χ2v) is 4.29. The number of ether oxygens (including phenoxy) is 1. The third-order valence-corrected chi connectivity index (χ3v) is 2.87. The highest BCUT2D eigenvalue weighted by molar-refractivity contribution is 5.51. The summed E-state index contributed by atoms with van der Waals surface area (Å²) in [6.45, 7) is -0.114. The molecule has 0 saturated carbocycles. The monoisotopic (exact) mass is 284 g/mol. The predicted octanol–water partition coefficient (Wildman–Crippen LogP) is 2.58. The lowest BCUT2D eigenvalue weighted by Crippen LogP contribution is -2.10. The summed E-state index contributed by atoms with van der Waals surface area (Å²) in [5.41, 5.74) is 0.542. The summed E-state index contributed by atoms with van der Waals surface area (Å²) >= 11 is 0. The lowest BCUT2D eigenvalue weighted by molar-refractivity contribution is -0.386. The molecule has 0 bridgehead atoms. The fourth-order valence-electron chi connectivity index (χ4n) is 1.79. The number of benzene rings is 2. The van der Waals surface area contributed by atoms with Gasteiger partial charge >= 0.3 is 5.69 Å². The first-order chi connectivity index (χ1) is 10.1. The average molecular weight is 284 g/mol. The molecule has 6 heteroatoms. The van der Waals surface area contributed by atoms with Gasteiger partial charge in [-0.05, 0) is 17.7 Å².